The van der Waals surface area contributed by atoms with Gasteiger partial charge in [0, 0.05) is 38.8 Å². The maximum absolute atomic E-state index is 12.4. The second-order valence-electron chi connectivity index (χ2n) is 7.36. The van der Waals surface area contributed by atoms with Crippen molar-refractivity contribution in [1.29, 1.82) is 0 Å². The molecule has 4 rings (SSSR count). The third-order valence-corrected chi connectivity index (χ3v) is 5.77. The fourth-order valence-electron chi connectivity index (χ4n) is 4.18. The number of nitrogens with zero attached hydrogens (tertiary/aromatic N) is 2. The lowest BCUT2D eigenvalue weighted by Crippen LogP contribution is -2.53. The molecular formula is C20H28N2O3. The highest BCUT2D eigenvalue weighted by molar-refractivity contribution is 5.77. The van der Waals surface area contributed by atoms with Crippen LogP contribution < -0.4 is 4.74 Å². The summed E-state index contributed by atoms with van der Waals surface area (Å²) in [5, 5.41) is 0. The summed E-state index contributed by atoms with van der Waals surface area (Å²) in [5.41, 5.74) is 2.83. The van der Waals surface area contributed by atoms with Gasteiger partial charge in [-0.1, -0.05) is 6.07 Å². The first-order valence-electron chi connectivity index (χ1n) is 9.64. The number of carbonyl (C=O) groups is 1. The van der Waals surface area contributed by atoms with Gasteiger partial charge in [0.25, 0.3) is 5.91 Å². The van der Waals surface area contributed by atoms with Gasteiger partial charge < -0.3 is 14.4 Å². The van der Waals surface area contributed by atoms with E-state index in [1.165, 1.54) is 30.4 Å². The molecule has 0 bridgehead atoms. The first kappa shape index (κ1) is 16.9. The molecule has 5 heteroatoms. The molecule has 2 aliphatic heterocycles. The largest absolute Gasteiger partial charge is 0.484 e. The summed E-state index contributed by atoms with van der Waals surface area (Å²) in [6.45, 7) is 5.34. The molecule has 1 amide bonds. The van der Waals surface area contributed by atoms with E-state index < -0.39 is 0 Å². The number of ether oxygens (including phenoxy) is 2. The highest BCUT2D eigenvalue weighted by Crippen LogP contribution is 2.25. The molecule has 2 saturated heterocycles. The van der Waals surface area contributed by atoms with Crippen LogP contribution in [0.2, 0.25) is 0 Å². The Labute approximate surface area is 149 Å². The molecule has 5 nitrogen and oxygen atoms in total. The normalized spacial score (nSPS) is 24.2. The zero-order chi connectivity index (χ0) is 17.1. The van der Waals surface area contributed by atoms with Gasteiger partial charge in [-0.2, -0.15) is 0 Å². The fraction of sp³-hybridized carbons (Fsp3) is 0.650. The van der Waals surface area contributed by atoms with Gasteiger partial charge in [0.1, 0.15) is 5.75 Å². The van der Waals surface area contributed by atoms with Crippen LogP contribution in [0.5, 0.6) is 5.75 Å². The minimum Gasteiger partial charge on any atom is -0.484 e. The molecule has 1 unspecified atom stereocenters. The molecule has 1 atom stereocenters. The van der Waals surface area contributed by atoms with Crippen LogP contribution in [-0.4, -0.2) is 67.7 Å². The molecule has 0 saturated carbocycles. The molecular weight excluding hydrogens is 316 g/mol. The summed E-state index contributed by atoms with van der Waals surface area (Å²) in [6.07, 6.45) is 5.96. The number of fused-ring (bicyclic) bond motifs is 1. The Hall–Kier alpha value is -1.59. The average molecular weight is 344 g/mol. The van der Waals surface area contributed by atoms with E-state index in [0.29, 0.717) is 6.04 Å². The van der Waals surface area contributed by atoms with E-state index in [4.69, 9.17) is 9.47 Å². The summed E-state index contributed by atoms with van der Waals surface area (Å²) in [6, 6.07) is 6.84. The molecule has 2 heterocycles. The molecule has 0 N–H and O–H groups in total. The summed E-state index contributed by atoms with van der Waals surface area (Å²) in [5.74, 6) is 0.927. The first-order valence-corrected chi connectivity index (χ1v) is 9.64. The lowest BCUT2D eigenvalue weighted by Gasteiger charge is -2.37. The Morgan fingerprint density at radius 3 is 2.68 bits per heavy atom. The van der Waals surface area contributed by atoms with E-state index in [0.717, 1.165) is 58.0 Å². The molecule has 25 heavy (non-hydrogen) atoms. The Morgan fingerprint density at radius 1 is 1.12 bits per heavy atom. The van der Waals surface area contributed by atoms with E-state index >= 15 is 0 Å². The van der Waals surface area contributed by atoms with E-state index in [9.17, 15) is 4.79 Å². The highest BCUT2D eigenvalue weighted by Gasteiger charge is 2.28. The van der Waals surface area contributed by atoms with Gasteiger partial charge in [-0.3, -0.25) is 9.69 Å². The molecule has 0 spiro atoms. The summed E-state index contributed by atoms with van der Waals surface area (Å²) >= 11 is 0. The fourth-order valence-corrected chi connectivity index (χ4v) is 4.18. The SMILES string of the molecule is O=C(COc1ccc2c(c1)CCCC2)N1CCN(C2CCOC2)CC1. The average Bonchev–Trinajstić information content (AvgIpc) is 3.21. The molecule has 136 valence electrons. The van der Waals surface area contributed by atoms with E-state index in [2.05, 4.69) is 17.0 Å². The lowest BCUT2D eigenvalue weighted by molar-refractivity contribution is -0.135. The van der Waals surface area contributed by atoms with Crippen LogP contribution in [0.1, 0.15) is 30.4 Å². The predicted octanol–water partition coefficient (Wildman–Crippen LogP) is 1.88. The molecule has 0 aromatic heterocycles. The Morgan fingerprint density at radius 2 is 1.92 bits per heavy atom. The summed E-state index contributed by atoms with van der Waals surface area (Å²) < 4.78 is 11.3. The van der Waals surface area contributed by atoms with Crippen molar-refractivity contribution in [3.05, 3.63) is 29.3 Å². The van der Waals surface area contributed by atoms with E-state index in [-0.39, 0.29) is 12.5 Å². The van der Waals surface area contributed by atoms with Gasteiger partial charge >= 0.3 is 0 Å². The van der Waals surface area contributed by atoms with Gasteiger partial charge in [0.15, 0.2) is 6.61 Å². The van der Waals surface area contributed by atoms with Crippen LogP contribution in [0, 0.1) is 0 Å². The lowest BCUT2D eigenvalue weighted by atomic mass is 9.92. The zero-order valence-electron chi connectivity index (χ0n) is 14.9. The minimum absolute atomic E-state index is 0.0973. The van der Waals surface area contributed by atoms with Crippen molar-refractivity contribution in [2.75, 3.05) is 46.0 Å². The van der Waals surface area contributed by atoms with Crippen LogP contribution in [-0.2, 0) is 22.4 Å². The maximum Gasteiger partial charge on any atom is 0.260 e. The highest BCUT2D eigenvalue weighted by atomic mass is 16.5. The molecule has 1 aromatic carbocycles. The Kier molecular flexibility index (Phi) is 5.22. The van der Waals surface area contributed by atoms with Gasteiger partial charge in [-0.15, -0.1) is 0 Å². The van der Waals surface area contributed by atoms with Crippen molar-refractivity contribution < 1.29 is 14.3 Å². The van der Waals surface area contributed by atoms with Crippen LogP contribution in [0.15, 0.2) is 18.2 Å². The first-order chi connectivity index (χ1) is 12.3. The van der Waals surface area contributed by atoms with Crippen molar-refractivity contribution >= 4 is 5.91 Å². The number of carbonyl (C=O) groups excluding carboxylic acids is 1. The van der Waals surface area contributed by atoms with Crippen LogP contribution in [0.25, 0.3) is 0 Å². The van der Waals surface area contributed by atoms with Crippen molar-refractivity contribution in [3.63, 3.8) is 0 Å². The van der Waals surface area contributed by atoms with Crippen LogP contribution in [0.3, 0.4) is 0 Å². The number of aryl methyl sites for hydroxylation is 2. The van der Waals surface area contributed by atoms with E-state index in [1.807, 2.05) is 11.0 Å². The topological polar surface area (TPSA) is 42.0 Å². The van der Waals surface area contributed by atoms with Crippen molar-refractivity contribution in [2.45, 2.75) is 38.1 Å². The monoisotopic (exact) mass is 344 g/mol. The molecule has 3 aliphatic rings. The number of benzene rings is 1. The third kappa shape index (κ3) is 3.98. The third-order valence-electron chi connectivity index (χ3n) is 5.77. The van der Waals surface area contributed by atoms with Gasteiger partial charge in [-0.05, 0) is 55.4 Å². The number of hydrogen-bond acceptors (Lipinski definition) is 4. The molecule has 0 radical (unpaired) electrons. The Bertz CT molecular complexity index is 605. The second-order valence-corrected chi connectivity index (χ2v) is 7.36. The summed E-state index contributed by atoms with van der Waals surface area (Å²) in [4.78, 5) is 16.8. The number of amides is 1. The standard InChI is InChI=1S/C20H28N2O3/c23-20(22-10-8-21(9-11-22)18-7-12-24-14-18)15-25-19-6-5-16-3-1-2-4-17(16)13-19/h5-6,13,18H,1-4,7-12,14-15H2. The number of hydrogen-bond donors (Lipinski definition) is 0. The van der Waals surface area contributed by atoms with Crippen LogP contribution >= 0.6 is 0 Å². The molecule has 2 fully saturated rings. The maximum atomic E-state index is 12.4. The zero-order valence-corrected chi connectivity index (χ0v) is 14.9. The number of rotatable bonds is 4. The quantitative estimate of drug-likeness (QED) is 0.836. The van der Waals surface area contributed by atoms with Gasteiger partial charge in [0.2, 0.25) is 0 Å². The van der Waals surface area contributed by atoms with Crippen molar-refractivity contribution in [2.24, 2.45) is 0 Å². The van der Waals surface area contributed by atoms with Gasteiger partial charge in [0.05, 0.1) is 6.61 Å². The van der Waals surface area contributed by atoms with Crippen molar-refractivity contribution in [3.8, 4) is 5.75 Å². The van der Waals surface area contributed by atoms with E-state index in [1.54, 1.807) is 0 Å². The predicted molar refractivity (Wildman–Crippen MR) is 96.0 cm³/mol. The minimum atomic E-state index is 0.0973. The van der Waals surface area contributed by atoms with Crippen LogP contribution in [0.4, 0.5) is 0 Å². The summed E-state index contributed by atoms with van der Waals surface area (Å²) in [7, 11) is 0. The molecule has 1 aliphatic carbocycles. The van der Waals surface area contributed by atoms with Gasteiger partial charge in [-0.25, -0.2) is 0 Å². The smallest absolute Gasteiger partial charge is 0.260 e. The number of piperazine rings is 1. The molecule has 1 aromatic rings. The Balaban J connectivity index is 1.25. The van der Waals surface area contributed by atoms with Crippen molar-refractivity contribution in [1.82, 2.24) is 9.80 Å². The second kappa shape index (κ2) is 7.75.